The van der Waals surface area contributed by atoms with Gasteiger partial charge in [0.05, 0.1) is 0 Å². The number of aromatic amines is 1. The van der Waals surface area contributed by atoms with Gasteiger partial charge in [0.2, 0.25) is 5.91 Å². The number of H-pyrrole nitrogens is 1. The quantitative estimate of drug-likeness (QED) is 0.869. The fourth-order valence-corrected chi connectivity index (χ4v) is 2.57. The number of hydrogen-bond donors (Lipinski definition) is 2. The first kappa shape index (κ1) is 13.4. The van der Waals surface area contributed by atoms with Crippen molar-refractivity contribution in [3.05, 3.63) is 62.4 Å². The Morgan fingerprint density at radius 2 is 2.00 bits per heavy atom. The Balaban J connectivity index is 1.72. The Labute approximate surface area is 120 Å². The van der Waals surface area contributed by atoms with E-state index in [4.69, 9.17) is 0 Å². The molecule has 0 unspecified atom stereocenters. The number of carbonyl (C=O) groups is 1. The molecule has 1 heterocycles. The molecule has 0 spiro atoms. The summed E-state index contributed by atoms with van der Waals surface area (Å²) in [4.78, 5) is 36.5. The van der Waals surface area contributed by atoms with Gasteiger partial charge in [-0.1, -0.05) is 6.07 Å². The van der Waals surface area contributed by atoms with Crippen LogP contribution < -0.4 is 16.6 Å². The summed E-state index contributed by atoms with van der Waals surface area (Å²) >= 11 is 0. The van der Waals surface area contributed by atoms with Crippen molar-refractivity contribution in [1.82, 2.24) is 9.55 Å². The van der Waals surface area contributed by atoms with E-state index in [-0.39, 0.29) is 12.5 Å². The maximum absolute atomic E-state index is 12.0. The summed E-state index contributed by atoms with van der Waals surface area (Å²) in [5.41, 5.74) is 2.28. The molecule has 6 nitrogen and oxygen atoms in total. The van der Waals surface area contributed by atoms with Crippen molar-refractivity contribution in [2.45, 2.75) is 25.8 Å². The Morgan fingerprint density at radius 3 is 2.81 bits per heavy atom. The van der Waals surface area contributed by atoms with E-state index in [9.17, 15) is 14.4 Å². The summed E-state index contributed by atoms with van der Waals surface area (Å²) in [6.07, 6.45) is 4.59. The average molecular weight is 285 g/mol. The summed E-state index contributed by atoms with van der Waals surface area (Å²) in [5.74, 6) is -0.304. The number of anilines is 1. The number of aryl methyl sites for hydroxylation is 2. The highest BCUT2D eigenvalue weighted by atomic mass is 16.2. The van der Waals surface area contributed by atoms with Crippen LogP contribution in [0.15, 0.2) is 40.1 Å². The highest BCUT2D eigenvalue weighted by Crippen LogP contribution is 2.24. The van der Waals surface area contributed by atoms with E-state index in [1.54, 1.807) is 0 Å². The lowest BCUT2D eigenvalue weighted by Gasteiger charge is -2.08. The van der Waals surface area contributed by atoms with E-state index < -0.39 is 11.2 Å². The van der Waals surface area contributed by atoms with E-state index in [0.717, 1.165) is 29.5 Å². The zero-order valence-corrected chi connectivity index (χ0v) is 11.4. The third kappa shape index (κ3) is 2.94. The summed E-state index contributed by atoms with van der Waals surface area (Å²) in [7, 11) is 0. The molecule has 3 rings (SSSR count). The van der Waals surface area contributed by atoms with Gasteiger partial charge >= 0.3 is 5.69 Å². The molecule has 108 valence electrons. The first-order chi connectivity index (χ1) is 10.1. The molecule has 2 N–H and O–H groups in total. The number of carbonyl (C=O) groups excluding carboxylic acids is 1. The molecule has 0 aliphatic heterocycles. The second-order valence-electron chi connectivity index (χ2n) is 5.12. The van der Waals surface area contributed by atoms with Crippen molar-refractivity contribution in [1.29, 1.82) is 0 Å². The molecule has 6 heteroatoms. The van der Waals surface area contributed by atoms with Gasteiger partial charge in [-0.15, -0.1) is 0 Å². The van der Waals surface area contributed by atoms with Crippen LogP contribution in [0, 0.1) is 0 Å². The summed E-state index contributed by atoms with van der Waals surface area (Å²) < 4.78 is 1.16. The molecule has 0 saturated heterocycles. The van der Waals surface area contributed by atoms with Crippen LogP contribution in [-0.2, 0) is 24.2 Å². The SMILES string of the molecule is O=C(Cn1ccc(=O)[nH]c1=O)Nc1ccc2c(c1)CCC2. The molecule has 1 amide bonds. The van der Waals surface area contributed by atoms with E-state index in [0.29, 0.717) is 0 Å². The van der Waals surface area contributed by atoms with Gasteiger partial charge in [-0.3, -0.25) is 19.1 Å². The van der Waals surface area contributed by atoms with Crippen LogP contribution in [-0.4, -0.2) is 15.5 Å². The van der Waals surface area contributed by atoms with Crippen molar-refractivity contribution in [2.24, 2.45) is 0 Å². The third-order valence-electron chi connectivity index (χ3n) is 3.59. The molecule has 1 aromatic carbocycles. The van der Waals surface area contributed by atoms with Crippen LogP contribution in [0.2, 0.25) is 0 Å². The number of nitrogens with zero attached hydrogens (tertiary/aromatic N) is 1. The number of aromatic nitrogens is 2. The minimum atomic E-state index is -0.591. The fraction of sp³-hybridized carbons (Fsp3) is 0.267. The maximum Gasteiger partial charge on any atom is 0.328 e. The molecule has 0 atom stereocenters. The van der Waals surface area contributed by atoms with Crippen LogP contribution in [0.1, 0.15) is 17.5 Å². The fourth-order valence-electron chi connectivity index (χ4n) is 2.57. The van der Waals surface area contributed by atoms with Crippen molar-refractivity contribution in [2.75, 3.05) is 5.32 Å². The number of benzene rings is 1. The summed E-state index contributed by atoms with van der Waals surface area (Å²) in [5, 5.41) is 2.77. The van der Waals surface area contributed by atoms with Crippen LogP contribution in [0.25, 0.3) is 0 Å². The van der Waals surface area contributed by atoms with Crippen molar-refractivity contribution < 1.29 is 4.79 Å². The molecule has 21 heavy (non-hydrogen) atoms. The number of fused-ring (bicyclic) bond motifs is 1. The van der Waals surface area contributed by atoms with Gasteiger partial charge in [0, 0.05) is 18.0 Å². The Bertz CT molecular complexity index is 804. The van der Waals surface area contributed by atoms with Gasteiger partial charge in [-0.2, -0.15) is 0 Å². The summed E-state index contributed by atoms with van der Waals surface area (Å²) in [6, 6.07) is 7.10. The van der Waals surface area contributed by atoms with Gasteiger partial charge in [0.25, 0.3) is 5.56 Å². The predicted molar refractivity (Wildman–Crippen MR) is 78.4 cm³/mol. The van der Waals surface area contributed by atoms with E-state index in [2.05, 4.69) is 10.3 Å². The first-order valence-corrected chi connectivity index (χ1v) is 6.83. The van der Waals surface area contributed by atoms with Crippen LogP contribution in [0.3, 0.4) is 0 Å². The van der Waals surface area contributed by atoms with Gasteiger partial charge in [-0.05, 0) is 42.5 Å². The lowest BCUT2D eigenvalue weighted by Crippen LogP contribution is -2.32. The van der Waals surface area contributed by atoms with Crippen LogP contribution in [0.5, 0.6) is 0 Å². The highest BCUT2D eigenvalue weighted by Gasteiger charge is 2.12. The number of hydrogen-bond acceptors (Lipinski definition) is 3. The highest BCUT2D eigenvalue weighted by molar-refractivity contribution is 5.90. The van der Waals surface area contributed by atoms with E-state index >= 15 is 0 Å². The number of amides is 1. The minimum absolute atomic E-state index is 0.132. The topological polar surface area (TPSA) is 84.0 Å². The summed E-state index contributed by atoms with van der Waals surface area (Å²) in [6.45, 7) is -0.132. The van der Waals surface area contributed by atoms with Crippen molar-refractivity contribution >= 4 is 11.6 Å². The molecule has 0 fully saturated rings. The van der Waals surface area contributed by atoms with Gasteiger partial charge in [0.1, 0.15) is 6.54 Å². The Morgan fingerprint density at radius 1 is 1.19 bits per heavy atom. The molecule has 1 aromatic heterocycles. The molecule has 0 bridgehead atoms. The first-order valence-electron chi connectivity index (χ1n) is 6.83. The Hall–Kier alpha value is -2.63. The smallest absolute Gasteiger partial charge is 0.325 e. The van der Waals surface area contributed by atoms with Crippen LogP contribution >= 0.6 is 0 Å². The average Bonchev–Trinajstić information content (AvgIpc) is 2.89. The zero-order valence-electron chi connectivity index (χ0n) is 11.4. The van der Waals surface area contributed by atoms with Crippen molar-refractivity contribution in [3.8, 4) is 0 Å². The molecule has 1 aliphatic rings. The largest absolute Gasteiger partial charge is 0.328 e. The van der Waals surface area contributed by atoms with Gasteiger partial charge in [-0.25, -0.2) is 4.79 Å². The zero-order chi connectivity index (χ0) is 14.8. The number of rotatable bonds is 3. The molecule has 2 aromatic rings. The van der Waals surface area contributed by atoms with Crippen LogP contribution in [0.4, 0.5) is 5.69 Å². The minimum Gasteiger partial charge on any atom is -0.325 e. The second kappa shape index (κ2) is 5.40. The second-order valence-corrected chi connectivity index (χ2v) is 5.12. The normalized spacial score (nSPS) is 13.0. The molecule has 0 radical (unpaired) electrons. The third-order valence-corrected chi connectivity index (χ3v) is 3.59. The standard InChI is InChI=1S/C15H15N3O3/c19-13-6-7-18(15(21)17-13)9-14(20)16-12-5-4-10-2-1-3-11(10)8-12/h4-8H,1-3,9H2,(H,16,20)(H,17,19,21). The molecular weight excluding hydrogens is 270 g/mol. The molecular formula is C15H15N3O3. The van der Waals surface area contributed by atoms with E-state index in [1.807, 2.05) is 18.2 Å². The van der Waals surface area contributed by atoms with E-state index in [1.165, 1.54) is 23.4 Å². The Kier molecular flexibility index (Phi) is 3.43. The monoisotopic (exact) mass is 285 g/mol. The molecule has 1 aliphatic carbocycles. The predicted octanol–water partition coefficient (Wildman–Crippen LogP) is 0.664. The number of nitrogens with one attached hydrogen (secondary N) is 2. The molecule has 0 saturated carbocycles. The van der Waals surface area contributed by atoms with Gasteiger partial charge in [0.15, 0.2) is 0 Å². The van der Waals surface area contributed by atoms with Gasteiger partial charge < -0.3 is 5.32 Å². The lowest BCUT2D eigenvalue weighted by atomic mass is 10.1. The maximum atomic E-state index is 12.0. The van der Waals surface area contributed by atoms with Crippen molar-refractivity contribution in [3.63, 3.8) is 0 Å². The lowest BCUT2D eigenvalue weighted by molar-refractivity contribution is -0.116.